The predicted octanol–water partition coefficient (Wildman–Crippen LogP) is 4.56. The van der Waals surface area contributed by atoms with Crippen LogP contribution in [0.15, 0.2) is 60.7 Å². The first-order chi connectivity index (χ1) is 11.3. The monoisotopic (exact) mass is 301 g/mol. The van der Waals surface area contributed by atoms with Gasteiger partial charge in [0, 0.05) is 22.7 Å². The third-order valence-corrected chi connectivity index (χ3v) is 4.30. The lowest BCUT2D eigenvalue weighted by Gasteiger charge is -2.25. The van der Waals surface area contributed by atoms with Gasteiger partial charge in [0.15, 0.2) is 5.82 Å². The van der Waals surface area contributed by atoms with E-state index in [0.717, 1.165) is 41.3 Å². The second-order valence-corrected chi connectivity index (χ2v) is 6.04. The average Bonchev–Trinajstić information content (AvgIpc) is 2.62. The normalized spacial score (nSPS) is 16.5. The molecule has 1 aliphatic heterocycles. The summed E-state index contributed by atoms with van der Waals surface area (Å²) in [6.07, 6.45) is 2.13. The summed E-state index contributed by atoms with van der Waals surface area (Å²) in [5.41, 5.74) is 4.48. The molecular weight excluding hydrogens is 282 g/mol. The van der Waals surface area contributed by atoms with Crippen LogP contribution in [-0.2, 0) is 6.42 Å². The van der Waals surface area contributed by atoms with Crippen LogP contribution in [0.1, 0.15) is 18.9 Å². The lowest BCUT2D eigenvalue weighted by Crippen LogP contribution is -2.24. The number of hydrogen-bond acceptors (Lipinski definition) is 3. The van der Waals surface area contributed by atoms with Crippen molar-refractivity contribution in [1.82, 2.24) is 9.97 Å². The van der Waals surface area contributed by atoms with Gasteiger partial charge in [0.25, 0.3) is 0 Å². The fraction of sp³-hybridized carbons (Fsp3) is 0.200. The minimum atomic E-state index is 0.449. The van der Waals surface area contributed by atoms with Crippen LogP contribution in [-0.4, -0.2) is 16.0 Å². The maximum Gasteiger partial charge on any atom is 0.162 e. The Hall–Kier alpha value is -2.68. The summed E-state index contributed by atoms with van der Waals surface area (Å²) in [5.74, 6) is 1.77. The Balaban J connectivity index is 1.92. The molecule has 0 spiro atoms. The molecule has 23 heavy (non-hydrogen) atoms. The van der Waals surface area contributed by atoms with E-state index in [4.69, 9.17) is 9.97 Å². The van der Waals surface area contributed by atoms with Crippen LogP contribution in [0.25, 0.3) is 22.6 Å². The minimum Gasteiger partial charge on any atom is -0.367 e. The number of nitrogens with zero attached hydrogens (tertiary/aromatic N) is 2. The van der Waals surface area contributed by atoms with Crippen molar-refractivity contribution in [1.29, 1.82) is 0 Å². The Labute approximate surface area is 136 Å². The van der Waals surface area contributed by atoms with Crippen molar-refractivity contribution in [2.45, 2.75) is 25.8 Å². The Bertz CT molecular complexity index is 813. The molecule has 0 radical (unpaired) electrons. The highest BCUT2D eigenvalue weighted by Gasteiger charge is 2.22. The highest BCUT2D eigenvalue weighted by atomic mass is 15.1. The van der Waals surface area contributed by atoms with Crippen LogP contribution in [0.2, 0.25) is 0 Å². The van der Waals surface area contributed by atoms with Gasteiger partial charge in [-0.25, -0.2) is 9.97 Å². The highest BCUT2D eigenvalue weighted by Crippen LogP contribution is 2.33. The number of aromatic nitrogens is 2. The average molecular weight is 301 g/mol. The Morgan fingerprint density at radius 2 is 1.52 bits per heavy atom. The van der Waals surface area contributed by atoms with Crippen LogP contribution in [0.5, 0.6) is 0 Å². The van der Waals surface area contributed by atoms with Crippen LogP contribution in [0, 0.1) is 0 Å². The Kier molecular flexibility index (Phi) is 3.54. The van der Waals surface area contributed by atoms with Crippen LogP contribution in [0.3, 0.4) is 0 Å². The molecule has 0 aliphatic carbocycles. The van der Waals surface area contributed by atoms with Crippen molar-refractivity contribution in [3.63, 3.8) is 0 Å². The quantitative estimate of drug-likeness (QED) is 0.754. The first-order valence-corrected chi connectivity index (χ1v) is 8.09. The standard InChI is InChI=1S/C20H19N3/c1-14-12-13-17-18(15-8-4-2-5-9-15)22-19(23-20(17)21-14)16-10-6-3-7-11-16/h2-11,14H,12-13H2,1H3,(H,21,22,23). The van der Waals surface area contributed by atoms with E-state index in [2.05, 4.69) is 48.6 Å². The van der Waals surface area contributed by atoms with Gasteiger partial charge in [0.2, 0.25) is 0 Å². The molecule has 0 saturated heterocycles. The molecule has 1 atom stereocenters. The second-order valence-electron chi connectivity index (χ2n) is 6.04. The molecule has 3 nitrogen and oxygen atoms in total. The van der Waals surface area contributed by atoms with Gasteiger partial charge in [-0.1, -0.05) is 60.7 Å². The van der Waals surface area contributed by atoms with Gasteiger partial charge in [-0.3, -0.25) is 0 Å². The molecule has 2 heterocycles. The van der Waals surface area contributed by atoms with E-state index in [0.29, 0.717) is 6.04 Å². The molecule has 0 fully saturated rings. The third-order valence-electron chi connectivity index (χ3n) is 4.30. The molecule has 1 N–H and O–H groups in total. The lowest BCUT2D eigenvalue weighted by atomic mass is 9.96. The smallest absolute Gasteiger partial charge is 0.162 e. The lowest BCUT2D eigenvalue weighted by molar-refractivity contribution is 0.672. The van der Waals surface area contributed by atoms with E-state index in [9.17, 15) is 0 Å². The zero-order valence-corrected chi connectivity index (χ0v) is 13.2. The number of hydrogen-bond donors (Lipinski definition) is 1. The van der Waals surface area contributed by atoms with Crippen molar-refractivity contribution in [3.05, 3.63) is 66.2 Å². The predicted molar refractivity (Wildman–Crippen MR) is 94.3 cm³/mol. The van der Waals surface area contributed by atoms with Crippen molar-refractivity contribution >= 4 is 5.82 Å². The Morgan fingerprint density at radius 3 is 2.22 bits per heavy atom. The summed E-state index contributed by atoms with van der Waals surface area (Å²) >= 11 is 0. The van der Waals surface area contributed by atoms with E-state index in [1.807, 2.05) is 24.3 Å². The Morgan fingerprint density at radius 1 is 0.870 bits per heavy atom. The molecule has 1 aliphatic rings. The van der Waals surface area contributed by atoms with E-state index in [1.165, 1.54) is 5.56 Å². The maximum absolute atomic E-state index is 4.90. The van der Waals surface area contributed by atoms with Crippen molar-refractivity contribution in [2.75, 3.05) is 5.32 Å². The molecule has 2 aromatic carbocycles. The molecule has 114 valence electrons. The van der Waals surface area contributed by atoms with E-state index in [1.54, 1.807) is 0 Å². The molecule has 0 saturated carbocycles. The molecule has 3 heteroatoms. The largest absolute Gasteiger partial charge is 0.367 e. The summed E-state index contributed by atoms with van der Waals surface area (Å²) in [7, 11) is 0. The summed E-state index contributed by atoms with van der Waals surface area (Å²) in [5, 5.41) is 3.53. The summed E-state index contributed by atoms with van der Waals surface area (Å²) < 4.78 is 0. The maximum atomic E-state index is 4.90. The summed E-state index contributed by atoms with van der Waals surface area (Å²) in [6, 6.07) is 21.0. The van der Waals surface area contributed by atoms with Crippen molar-refractivity contribution in [2.24, 2.45) is 0 Å². The molecule has 0 bridgehead atoms. The van der Waals surface area contributed by atoms with Gasteiger partial charge in [0.1, 0.15) is 5.82 Å². The van der Waals surface area contributed by atoms with Crippen LogP contribution >= 0.6 is 0 Å². The SMILES string of the molecule is CC1CCc2c(nc(-c3ccccc3)nc2-c2ccccc2)N1. The van der Waals surface area contributed by atoms with Gasteiger partial charge in [-0.05, 0) is 19.8 Å². The van der Waals surface area contributed by atoms with Gasteiger partial charge in [0.05, 0.1) is 5.69 Å². The first-order valence-electron chi connectivity index (χ1n) is 8.09. The second kappa shape index (κ2) is 5.84. The molecule has 0 amide bonds. The highest BCUT2D eigenvalue weighted by molar-refractivity contribution is 5.73. The minimum absolute atomic E-state index is 0.449. The zero-order chi connectivity index (χ0) is 15.6. The fourth-order valence-corrected chi connectivity index (χ4v) is 3.06. The number of rotatable bonds is 2. The topological polar surface area (TPSA) is 37.8 Å². The van der Waals surface area contributed by atoms with Gasteiger partial charge in [-0.2, -0.15) is 0 Å². The number of fused-ring (bicyclic) bond motifs is 1. The van der Waals surface area contributed by atoms with Crippen LogP contribution in [0.4, 0.5) is 5.82 Å². The fourth-order valence-electron chi connectivity index (χ4n) is 3.06. The zero-order valence-electron chi connectivity index (χ0n) is 13.2. The van der Waals surface area contributed by atoms with Gasteiger partial charge >= 0.3 is 0 Å². The summed E-state index contributed by atoms with van der Waals surface area (Å²) in [4.78, 5) is 9.70. The molecular formula is C20H19N3. The molecule has 1 aromatic heterocycles. The van der Waals surface area contributed by atoms with Gasteiger partial charge < -0.3 is 5.32 Å². The molecule has 4 rings (SSSR count). The van der Waals surface area contributed by atoms with E-state index >= 15 is 0 Å². The number of anilines is 1. The van der Waals surface area contributed by atoms with Crippen LogP contribution < -0.4 is 5.32 Å². The number of nitrogens with one attached hydrogen (secondary N) is 1. The number of benzene rings is 2. The summed E-state index contributed by atoms with van der Waals surface area (Å²) in [6.45, 7) is 2.20. The van der Waals surface area contributed by atoms with Crippen molar-refractivity contribution < 1.29 is 0 Å². The molecule has 3 aromatic rings. The van der Waals surface area contributed by atoms with Crippen molar-refractivity contribution in [3.8, 4) is 22.6 Å². The van der Waals surface area contributed by atoms with Gasteiger partial charge in [-0.15, -0.1) is 0 Å². The van der Waals surface area contributed by atoms with E-state index in [-0.39, 0.29) is 0 Å². The third kappa shape index (κ3) is 2.70. The molecule has 1 unspecified atom stereocenters. The van der Waals surface area contributed by atoms with E-state index < -0.39 is 0 Å². The first kappa shape index (κ1) is 13.9.